The summed E-state index contributed by atoms with van der Waals surface area (Å²) in [6.45, 7) is 10.3. The Hall–Kier alpha value is -3.87. The van der Waals surface area contributed by atoms with Gasteiger partial charge in [-0.15, -0.1) is 0 Å². The minimum atomic E-state index is -0.727. The quantitative estimate of drug-likeness (QED) is 0.531. The number of ether oxygens (including phenoxy) is 1. The highest BCUT2D eigenvalue weighted by molar-refractivity contribution is 6.07. The Morgan fingerprint density at radius 1 is 1.03 bits per heavy atom. The fraction of sp³-hybridized carbons (Fsp3) is 0.367. The summed E-state index contributed by atoms with van der Waals surface area (Å²) in [6, 6.07) is 20.5. The fourth-order valence-corrected chi connectivity index (χ4v) is 5.23. The molecule has 3 aromatic rings. The molecule has 1 atom stereocenters. The van der Waals surface area contributed by atoms with E-state index >= 15 is 0 Å². The van der Waals surface area contributed by atoms with E-state index in [1.165, 1.54) is 0 Å². The van der Waals surface area contributed by atoms with Crippen LogP contribution in [0.3, 0.4) is 0 Å². The molecule has 1 unspecified atom stereocenters. The summed E-state index contributed by atoms with van der Waals surface area (Å²) >= 11 is 0. The van der Waals surface area contributed by atoms with Crippen molar-refractivity contribution in [2.75, 3.05) is 36.4 Å². The smallest absolute Gasteiger partial charge is 0.410 e. The minimum absolute atomic E-state index is 0.0271. The number of anilines is 2. The van der Waals surface area contributed by atoms with Gasteiger partial charge in [-0.2, -0.15) is 0 Å². The maximum absolute atomic E-state index is 13.2. The normalized spacial score (nSPS) is 19.4. The van der Waals surface area contributed by atoms with Crippen molar-refractivity contribution in [1.29, 1.82) is 0 Å². The first-order valence-corrected chi connectivity index (χ1v) is 12.8. The van der Waals surface area contributed by atoms with E-state index in [2.05, 4.69) is 51.6 Å². The van der Waals surface area contributed by atoms with Crippen LogP contribution in [0, 0.1) is 0 Å². The zero-order chi connectivity index (χ0) is 26.2. The highest BCUT2D eigenvalue weighted by atomic mass is 16.6. The third-order valence-electron chi connectivity index (χ3n) is 7.09. The van der Waals surface area contributed by atoms with Gasteiger partial charge in [-0.1, -0.05) is 42.5 Å². The van der Waals surface area contributed by atoms with Gasteiger partial charge in [-0.25, -0.2) is 9.78 Å². The van der Waals surface area contributed by atoms with Crippen LogP contribution in [0.15, 0.2) is 66.9 Å². The first-order chi connectivity index (χ1) is 17.6. The summed E-state index contributed by atoms with van der Waals surface area (Å²) in [6.07, 6.45) is 2.09. The second-order valence-electron chi connectivity index (χ2n) is 11.0. The van der Waals surface area contributed by atoms with Gasteiger partial charge in [0.25, 0.3) is 0 Å². The number of rotatable bonds is 4. The number of pyridine rings is 1. The van der Waals surface area contributed by atoms with Crippen molar-refractivity contribution < 1.29 is 14.3 Å². The molecule has 5 rings (SSSR count). The van der Waals surface area contributed by atoms with Crippen molar-refractivity contribution in [3.8, 4) is 11.1 Å². The predicted molar refractivity (Wildman–Crippen MR) is 146 cm³/mol. The number of piperazine rings is 1. The van der Waals surface area contributed by atoms with Crippen molar-refractivity contribution >= 4 is 23.5 Å². The number of carbonyl (C=O) groups excluding carboxylic acids is 2. The molecule has 3 heterocycles. The second-order valence-corrected chi connectivity index (χ2v) is 11.0. The molecule has 0 spiro atoms. The number of nitrogens with one attached hydrogen (secondary N) is 1. The van der Waals surface area contributed by atoms with Crippen molar-refractivity contribution in [3.05, 3.63) is 78.0 Å². The van der Waals surface area contributed by atoms with Gasteiger partial charge in [-0.3, -0.25) is 4.79 Å². The molecule has 192 valence electrons. The number of carbonyl (C=O) groups is 2. The van der Waals surface area contributed by atoms with Gasteiger partial charge in [0.2, 0.25) is 5.91 Å². The molecule has 0 bridgehead atoms. The molecule has 2 amide bonds. The Bertz CT molecular complexity index is 1310. The molecule has 2 aliphatic heterocycles. The van der Waals surface area contributed by atoms with Crippen LogP contribution in [0.2, 0.25) is 0 Å². The standard InChI is InChI=1S/C30H34N4O3/c1-29(2,3)37-28(36)34-17-15-33(16-18-34)23-12-8-11-22(19-23)24-13-14-31-26-25(24)30(4,27(35)32-26)20-21-9-6-5-7-10-21/h5-14,19H,15-18,20H2,1-4H3,(H,31,32,35). The Labute approximate surface area is 218 Å². The second kappa shape index (κ2) is 9.54. The summed E-state index contributed by atoms with van der Waals surface area (Å²) in [5.41, 5.74) is 3.97. The number of hydrogen-bond acceptors (Lipinski definition) is 5. The average Bonchev–Trinajstić information content (AvgIpc) is 3.13. The zero-order valence-corrected chi connectivity index (χ0v) is 22.0. The van der Waals surface area contributed by atoms with Crippen molar-refractivity contribution in [1.82, 2.24) is 9.88 Å². The van der Waals surface area contributed by atoms with Crippen molar-refractivity contribution in [2.24, 2.45) is 0 Å². The number of nitrogens with zero attached hydrogens (tertiary/aromatic N) is 3. The Balaban J connectivity index is 1.40. The van der Waals surface area contributed by atoms with E-state index in [0.717, 1.165) is 41.0 Å². The monoisotopic (exact) mass is 498 g/mol. The van der Waals surface area contributed by atoms with Gasteiger partial charge in [0.05, 0.1) is 5.41 Å². The summed E-state index contributed by atoms with van der Waals surface area (Å²) in [5, 5.41) is 3.02. The SMILES string of the molecule is CC(C)(C)OC(=O)N1CCN(c2cccc(-c3ccnc4c3C(C)(Cc3ccccc3)C(=O)N4)c2)CC1. The van der Waals surface area contributed by atoms with E-state index in [1.807, 2.05) is 52.0 Å². The van der Waals surface area contributed by atoms with Gasteiger partial charge < -0.3 is 19.9 Å². The van der Waals surface area contributed by atoms with E-state index in [0.29, 0.717) is 25.3 Å². The Kier molecular flexibility index (Phi) is 6.40. The first kappa shape index (κ1) is 24.8. The van der Waals surface area contributed by atoms with Crippen LogP contribution in [0.5, 0.6) is 0 Å². The van der Waals surface area contributed by atoms with E-state index in [1.54, 1.807) is 11.1 Å². The van der Waals surface area contributed by atoms with Crippen LogP contribution in [-0.2, 0) is 21.4 Å². The van der Waals surface area contributed by atoms with Crippen LogP contribution in [0.1, 0.15) is 38.8 Å². The zero-order valence-electron chi connectivity index (χ0n) is 22.0. The van der Waals surface area contributed by atoms with Crippen LogP contribution in [0.25, 0.3) is 11.1 Å². The van der Waals surface area contributed by atoms with Crippen LogP contribution >= 0.6 is 0 Å². The topological polar surface area (TPSA) is 74.8 Å². The molecule has 0 radical (unpaired) electrons. The van der Waals surface area contributed by atoms with Crippen molar-refractivity contribution in [2.45, 2.75) is 45.1 Å². The van der Waals surface area contributed by atoms with E-state index in [-0.39, 0.29) is 12.0 Å². The molecule has 2 aliphatic rings. The number of aromatic nitrogens is 1. The van der Waals surface area contributed by atoms with Gasteiger partial charge >= 0.3 is 6.09 Å². The molecule has 1 aromatic heterocycles. The maximum atomic E-state index is 13.2. The molecular formula is C30H34N4O3. The maximum Gasteiger partial charge on any atom is 0.410 e. The molecule has 2 aromatic carbocycles. The lowest BCUT2D eigenvalue weighted by molar-refractivity contribution is -0.120. The fourth-order valence-electron chi connectivity index (χ4n) is 5.23. The number of amides is 2. The molecular weight excluding hydrogens is 464 g/mol. The molecule has 0 saturated carbocycles. The highest BCUT2D eigenvalue weighted by Crippen LogP contribution is 2.45. The van der Waals surface area contributed by atoms with Crippen LogP contribution in [-0.4, -0.2) is 53.7 Å². The van der Waals surface area contributed by atoms with Crippen LogP contribution in [0.4, 0.5) is 16.3 Å². The van der Waals surface area contributed by atoms with Gasteiger partial charge in [0.15, 0.2) is 0 Å². The number of fused-ring (bicyclic) bond motifs is 1. The molecule has 0 aliphatic carbocycles. The van der Waals surface area contributed by atoms with E-state index < -0.39 is 11.0 Å². The number of benzene rings is 2. The van der Waals surface area contributed by atoms with E-state index in [4.69, 9.17) is 4.74 Å². The highest BCUT2D eigenvalue weighted by Gasteiger charge is 2.45. The number of hydrogen-bond donors (Lipinski definition) is 1. The van der Waals surface area contributed by atoms with Gasteiger partial charge in [-0.05, 0) is 69.0 Å². The van der Waals surface area contributed by atoms with Gasteiger partial charge in [0, 0.05) is 43.6 Å². The summed E-state index contributed by atoms with van der Waals surface area (Å²) < 4.78 is 5.54. The summed E-state index contributed by atoms with van der Waals surface area (Å²) in [7, 11) is 0. The third-order valence-corrected chi connectivity index (χ3v) is 7.09. The summed E-state index contributed by atoms with van der Waals surface area (Å²) in [5.74, 6) is 0.609. The molecule has 1 N–H and O–H groups in total. The van der Waals surface area contributed by atoms with Crippen molar-refractivity contribution in [3.63, 3.8) is 0 Å². The largest absolute Gasteiger partial charge is 0.444 e. The molecule has 37 heavy (non-hydrogen) atoms. The molecule has 1 saturated heterocycles. The molecule has 1 fully saturated rings. The average molecular weight is 499 g/mol. The summed E-state index contributed by atoms with van der Waals surface area (Å²) in [4.78, 5) is 34.3. The Morgan fingerprint density at radius 2 is 1.76 bits per heavy atom. The lowest BCUT2D eigenvalue weighted by Gasteiger charge is -2.37. The van der Waals surface area contributed by atoms with Gasteiger partial charge in [0.1, 0.15) is 11.4 Å². The van der Waals surface area contributed by atoms with E-state index in [9.17, 15) is 9.59 Å². The lowest BCUT2D eigenvalue weighted by atomic mass is 9.76. The third kappa shape index (κ3) is 5.03. The molecule has 7 nitrogen and oxygen atoms in total. The Morgan fingerprint density at radius 3 is 2.46 bits per heavy atom. The lowest BCUT2D eigenvalue weighted by Crippen LogP contribution is -2.50. The molecule has 7 heteroatoms. The first-order valence-electron chi connectivity index (χ1n) is 12.8. The predicted octanol–water partition coefficient (Wildman–Crippen LogP) is 5.26. The minimum Gasteiger partial charge on any atom is -0.444 e. The van der Waals surface area contributed by atoms with Crippen LogP contribution < -0.4 is 10.2 Å².